The lowest BCUT2D eigenvalue weighted by molar-refractivity contribution is -0.144. The van der Waals surface area contributed by atoms with Gasteiger partial charge in [-0.25, -0.2) is 9.59 Å². The molecule has 180 valence electrons. The quantitative estimate of drug-likeness (QED) is 0.471. The lowest BCUT2D eigenvalue weighted by atomic mass is 9.87. The summed E-state index contributed by atoms with van der Waals surface area (Å²) in [7, 11) is 0. The van der Waals surface area contributed by atoms with Gasteiger partial charge in [-0.2, -0.15) is 0 Å². The third kappa shape index (κ3) is 5.92. The summed E-state index contributed by atoms with van der Waals surface area (Å²) >= 11 is 0. The fourth-order valence-electron chi connectivity index (χ4n) is 3.90. The summed E-state index contributed by atoms with van der Waals surface area (Å²) in [6.45, 7) is 4.37. The van der Waals surface area contributed by atoms with E-state index in [0.29, 0.717) is 0 Å². The van der Waals surface area contributed by atoms with Crippen molar-refractivity contribution in [3.8, 4) is 11.1 Å². The number of nitrogens with one attached hydrogen (secondary N) is 3. The van der Waals surface area contributed by atoms with E-state index in [4.69, 9.17) is 4.74 Å². The molecular formula is C25H29N3O6. The summed E-state index contributed by atoms with van der Waals surface area (Å²) in [4.78, 5) is 47.4. The third-order valence-corrected chi connectivity index (χ3v) is 5.60. The van der Waals surface area contributed by atoms with E-state index in [-0.39, 0.29) is 19.1 Å². The van der Waals surface area contributed by atoms with Gasteiger partial charge in [0.15, 0.2) is 0 Å². The Balaban J connectivity index is 1.44. The van der Waals surface area contributed by atoms with Crippen molar-refractivity contribution in [2.24, 2.45) is 5.41 Å². The molecule has 0 spiro atoms. The number of alkyl carbamates (subject to hydrolysis) is 1. The smallest absolute Gasteiger partial charge is 0.407 e. The fourth-order valence-corrected chi connectivity index (χ4v) is 3.90. The number of rotatable bonds is 8. The van der Waals surface area contributed by atoms with E-state index in [2.05, 4.69) is 16.0 Å². The minimum absolute atomic E-state index is 0.0966. The lowest BCUT2D eigenvalue weighted by Gasteiger charge is -2.27. The largest absolute Gasteiger partial charge is 0.480 e. The average molecular weight is 468 g/mol. The van der Waals surface area contributed by atoms with Crippen molar-refractivity contribution in [2.75, 3.05) is 19.7 Å². The van der Waals surface area contributed by atoms with Crippen LogP contribution in [0.3, 0.4) is 0 Å². The van der Waals surface area contributed by atoms with Crippen LogP contribution in [-0.4, -0.2) is 54.7 Å². The summed E-state index contributed by atoms with van der Waals surface area (Å²) in [6, 6.07) is 14.8. The second kappa shape index (κ2) is 10.4. The molecular weight excluding hydrogens is 438 g/mol. The second-order valence-corrected chi connectivity index (χ2v) is 9.16. The number of hydrogen-bond donors (Lipinski definition) is 4. The van der Waals surface area contributed by atoms with Gasteiger partial charge in [-0.15, -0.1) is 0 Å². The topological polar surface area (TPSA) is 134 Å². The number of hydrogen-bond acceptors (Lipinski definition) is 5. The lowest BCUT2D eigenvalue weighted by Crippen LogP contribution is -2.52. The first kappa shape index (κ1) is 24.8. The molecule has 0 aromatic heterocycles. The molecule has 4 N–H and O–H groups in total. The number of fused-ring (bicyclic) bond motifs is 3. The molecule has 0 fully saturated rings. The van der Waals surface area contributed by atoms with E-state index in [1.54, 1.807) is 20.8 Å². The van der Waals surface area contributed by atoms with Crippen LogP contribution in [0.15, 0.2) is 48.5 Å². The zero-order valence-electron chi connectivity index (χ0n) is 19.4. The minimum atomic E-state index is -1.16. The predicted octanol–water partition coefficient (Wildman–Crippen LogP) is 2.26. The van der Waals surface area contributed by atoms with E-state index in [1.165, 1.54) is 0 Å². The van der Waals surface area contributed by atoms with Crippen molar-refractivity contribution in [3.63, 3.8) is 0 Å². The first-order valence-corrected chi connectivity index (χ1v) is 11.0. The molecule has 0 aliphatic heterocycles. The highest BCUT2D eigenvalue weighted by Gasteiger charge is 2.32. The summed E-state index contributed by atoms with van der Waals surface area (Å²) in [5, 5.41) is 16.3. The Hall–Kier alpha value is -3.88. The average Bonchev–Trinajstić information content (AvgIpc) is 3.11. The standard InChI is InChI=1S/C25H29N3O6/c1-25(2,3)22(23(31)32)28-21(30)13-26-20(29)12-27-24(33)34-14-19-17-10-6-4-8-15(17)16-9-5-7-11-18(16)19/h4-11,19,22H,12-14H2,1-3H3,(H,26,29)(H,27,33)(H,28,30)(H,31,32). The minimum Gasteiger partial charge on any atom is -0.480 e. The maximum atomic E-state index is 12.1. The van der Waals surface area contributed by atoms with Gasteiger partial charge < -0.3 is 25.8 Å². The molecule has 0 saturated carbocycles. The van der Waals surface area contributed by atoms with Crippen LogP contribution in [-0.2, 0) is 19.1 Å². The second-order valence-electron chi connectivity index (χ2n) is 9.16. The van der Waals surface area contributed by atoms with Gasteiger partial charge in [0, 0.05) is 5.92 Å². The zero-order chi connectivity index (χ0) is 24.9. The van der Waals surface area contributed by atoms with Crippen LogP contribution in [0, 0.1) is 5.41 Å². The van der Waals surface area contributed by atoms with Gasteiger partial charge >= 0.3 is 12.1 Å². The Labute approximate surface area is 197 Å². The van der Waals surface area contributed by atoms with Crippen LogP contribution in [0.25, 0.3) is 11.1 Å². The van der Waals surface area contributed by atoms with Gasteiger partial charge in [0.25, 0.3) is 0 Å². The van der Waals surface area contributed by atoms with Gasteiger partial charge in [0.05, 0.1) is 6.54 Å². The molecule has 9 nitrogen and oxygen atoms in total. The van der Waals surface area contributed by atoms with Crippen molar-refractivity contribution >= 4 is 23.9 Å². The zero-order valence-corrected chi connectivity index (χ0v) is 19.4. The number of carbonyl (C=O) groups excluding carboxylic acids is 3. The Morgan fingerprint density at radius 2 is 1.41 bits per heavy atom. The molecule has 3 rings (SSSR count). The Morgan fingerprint density at radius 1 is 0.882 bits per heavy atom. The Kier molecular flexibility index (Phi) is 7.55. The van der Waals surface area contributed by atoms with Gasteiger partial charge in [-0.1, -0.05) is 69.3 Å². The van der Waals surface area contributed by atoms with Crippen molar-refractivity contribution in [1.29, 1.82) is 0 Å². The molecule has 0 heterocycles. The van der Waals surface area contributed by atoms with E-state index in [1.807, 2.05) is 48.5 Å². The predicted molar refractivity (Wildman–Crippen MR) is 125 cm³/mol. The monoisotopic (exact) mass is 467 g/mol. The Bertz CT molecular complexity index is 1050. The molecule has 1 atom stereocenters. The van der Waals surface area contributed by atoms with E-state index in [0.717, 1.165) is 22.3 Å². The van der Waals surface area contributed by atoms with Crippen molar-refractivity contribution in [3.05, 3.63) is 59.7 Å². The number of carbonyl (C=O) groups is 4. The normalized spacial score (nSPS) is 13.3. The van der Waals surface area contributed by atoms with E-state index < -0.39 is 41.9 Å². The number of ether oxygens (including phenoxy) is 1. The summed E-state index contributed by atoms with van der Waals surface area (Å²) in [5.41, 5.74) is 3.69. The molecule has 1 aliphatic rings. The maximum Gasteiger partial charge on any atom is 0.407 e. The van der Waals surface area contributed by atoms with Crippen molar-refractivity contribution in [1.82, 2.24) is 16.0 Å². The summed E-state index contributed by atoms with van der Waals surface area (Å²) in [6.07, 6.45) is -0.750. The maximum absolute atomic E-state index is 12.1. The van der Waals surface area contributed by atoms with Gasteiger partial charge in [0.2, 0.25) is 11.8 Å². The van der Waals surface area contributed by atoms with Crippen LogP contribution < -0.4 is 16.0 Å². The van der Waals surface area contributed by atoms with Crippen LogP contribution in [0.1, 0.15) is 37.8 Å². The fraction of sp³-hybridized carbons (Fsp3) is 0.360. The highest BCUT2D eigenvalue weighted by atomic mass is 16.5. The van der Waals surface area contributed by atoms with Crippen molar-refractivity contribution < 1.29 is 29.0 Å². The molecule has 2 aromatic carbocycles. The summed E-state index contributed by atoms with van der Waals surface area (Å²) in [5.74, 6) is -2.51. The first-order chi connectivity index (χ1) is 16.1. The highest BCUT2D eigenvalue weighted by molar-refractivity contribution is 5.89. The SMILES string of the molecule is CC(C)(C)C(NC(=O)CNC(=O)CNC(=O)OCC1c2ccccc2-c2ccccc21)C(=O)O. The van der Waals surface area contributed by atoms with Gasteiger partial charge in [-0.3, -0.25) is 9.59 Å². The number of aliphatic carboxylic acids is 1. The van der Waals surface area contributed by atoms with E-state index >= 15 is 0 Å². The van der Waals surface area contributed by atoms with Gasteiger partial charge in [0.1, 0.15) is 19.2 Å². The molecule has 9 heteroatoms. The van der Waals surface area contributed by atoms with E-state index in [9.17, 15) is 24.3 Å². The van der Waals surface area contributed by atoms with Crippen LogP contribution in [0.4, 0.5) is 4.79 Å². The third-order valence-electron chi connectivity index (χ3n) is 5.60. The molecule has 0 radical (unpaired) electrons. The van der Waals surface area contributed by atoms with Crippen LogP contribution in [0.5, 0.6) is 0 Å². The Morgan fingerprint density at radius 3 is 1.94 bits per heavy atom. The number of amides is 3. The molecule has 1 aliphatic carbocycles. The molecule has 0 bridgehead atoms. The first-order valence-electron chi connectivity index (χ1n) is 11.0. The number of carboxylic acid groups (broad SMARTS) is 1. The molecule has 3 amide bonds. The van der Waals surface area contributed by atoms with Crippen LogP contribution >= 0.6 is 0 Å². The van der Waals surface area contributed by atoms with Crippen LogP contribution in [0.2, 0.25) is 0 Å². The molecule has 0 saturated heterocycles. The van der Waals surface area contributed by atoms with Gasteiger partial charge in [-0.05, 0) is 27.7 Å². The number of benzene rings is 2. The van der Waals surface area contributed by atoms with Crippen molar-refractivity contribution in [2.45, 2.75) is 32.7 Å². The molecule has 1 unspecified atom stereocenters. The number of carboxylic acids is 1. The summed E-state index contributed by atoms with van der Waals surface area (Å²) < 4.78 is 5.36. The highest BCUT2D eigenvalue weighted by Crippen LogP contribution is 2.44. The molecule has 2 aromatic rings. The molecule has 34 heavy (non-hydrogen) atoms.